The minimum atomic E-state index is -1.03. The fourth-order valence-corrected chi connectivity index (χ4v) is 4.09. The van der Waals surface area contributed by atoms with Crippen molar-refractivity contribution in [2.24, 2.45) is 0 Å². The molecule has 1 fully saturated rings. The average Bonchev–Trinajstić information content (AvgIpc) is 3.32. The van der Waals surface area contributed by atoms with E-state index in [-0.39, 0.29) is 5.91 Å². The number of hydrogen-bond donors (Lipinski definition) is 1. The third-order valence-electron chi connectivity index (χ3n) is 4.01. The molecule has 2 heterocycles. The van der Waals surface area contributed by atoms with Gasteiger partial charge < -0.3 is 5.32 Å². The van der Waals surface area contributed by atoms with Crippen LogP contribution in [0, 0.1) is 0 Å². The van der Waals surface area contributed by atoms with Crippen molar-refractivity contribution in [3.63, 3.8) is 0 Å². The summed E-state index contributed by atoms with van der Waals surface area (Å²) in [6, 6.07) is 5.63. The standard InChI is InChI=1S/C16H15N3O2S/c20-16(12-8-17-15(18-9-12)11-4-5-11)19-13-3-1-2-10-6-7-22(21)14(10)13/h1-3,8-9,11H,4-7H2,(H,19,20). The van der Waals surface area contributed by atoms with Crippen molar-refractivity contribution in [1.82, 2.24) is 9.97 Å². The highest BCUT2D eigenvalue weighted by Gasteiger charge is 2.27. The molecule has 6 heteroatoms. The van der Waals surface area contributed by atoms with Crippen LogP contribution < -0.4 is 5.32 Å². The number of fused-ring (bicyclic) bond motifs is 1. The van der Waals surface area contributed by atoms with Gasteiger partial charge in [-0.05, 0) is 30.9 Å². The van der Waals surface area contributed by atoms with Crippen LogP contribution >= 0.6 is 0 Å². The second-order valence-corrected chi connectivity index (χ2v) is 7.16. The summed E-state index contributed by atoms with van der Waals surface area (Å²) in [6.45, 7) is 0. The largest absolute Gasteiger partial charge is 0.321 e. The number of carbonyl (C=O) groups excluding carboxylic acids is 1. The molecule has 22 heavy (non-hydrogen) atoms. The quantitative estimate of drug-likeness (QED) is 0.943. The maximum absolute atomic E-state index is 12.3. The van der Waals surface area contributed by atoms with Gasteiger partial charge in [-0.15, -0.1) is 0 Å². The number of rotatable bonds is 3. The summed E-state index contributed by atoms with van der Waals surface area (Å²) in [6.07, 6.45) is 6.19. The monoisotopic (exact) mass is 313 g/mol. The predicted octanol–water partition coefficient (Wildman–Crippen LogP) is 2.27. The fourth-order valence-electron chi connectivity index (χ4n) is 2.66. The van der Waals surface area contributed by atoms with Crippen LogP contribution in [0.1, 0.15) is 40.5 Å². The van der Waals surface area contributed by atoms with Gasteiger partial charge in [0.15, 0.2) is 0 Å². The molecule has 1 N–H and O–H groups in total. The van der Waals surface area contributed by atoms with Gasteiger partial charge in [0.05, 0.1) is 26.9 Å². The average molecular weight is 313 g/mol. The van der Waals surface area contributed by atoms with Crippen molar-refractivity contribution in [1.29, 1.82) is 0 Å². The van der Waals surface area contributed by atoms with Crippen molar-refractivity contribution in [3.05, 3.63) is 47.5 Å². The molecule has 1 aliphatic heterocycles. The molecule has 1 aromatic heterocycles. The second-order valence-electron chi connectivity index (χ2n) is 5.65. The zero-order chi connectivity index (χ0) is 15.1. The Balaban J connectivity index is 1.57. The number of aromatic nitrogens is 2. The Kier molecular flexibility index (Phi) is 3.26. The normalized spacial score (nSPS) is 19.7. The van der Waals surface area contributed by atoms with E-state index >= 15 is 0 Å². The fraction of sp³-hybridized carbons (Fsp3) is 0.312. The SMILES string of the molecule is O=C(Nc1cccc2c1S(=O)CC2)c1cnc(C2CC2)nc1. The molecule has 0 spiro atoms. The van der Waals surface area contributed by atoms with Gasteiger partial charge in [0.25, 0.3) is 5.91 Å². The minimum absolute atomic E-state index is 0.264. The van der Waals surface area contributed by atoms with Crippen molar-refractivity contribution in [2.75, 3.05) is 11.1 Å². The number of benzene rings is 1. The van der Waals surface area contributed by atoms with E-state index in [4.69, 9.17) is 0 Å². The second kappa shape index (κ2) is 5.28. The van der Waals surface area contributed by atoms with Gasteiger partial charge in [-0.1, -0.05) is 12.1 Å². The molecule has 1 saturated carbocycles. The predicted molar refractivity (Wildman–Crippen MR) is 83.4 cm³/mol. The molecular weight excluding hydrogens is 298 g/mol. The summed E-state index contributed by atoms with van der Waals surface area (Å²) in [5.74, 6) is 1.65. The molecule has 0 bridgehead atoms. The molecule has 1 amide bonds. The van der Waals surface area contributed by atoms with Crippen LogP contribution in [0.5, 0.6) is 0 Å². The Morgan fingerprint density at radius 1 is 1.23 bits per heavy atom. The first-order valence-electron chi connectivity index (χ1n) is 7.36. The highest BCUT2D eigenvalue weighted by atomic mass is 32.2. The number of aryl methyl sites for hydroxylation is 1. The smallest absolute Gasteiger partial charge is 0.258 e. The van der Waals surface area contributed by atoms with Crippen molar-refractivity contribution < 1.29 is 9.00 Å². The molecule has 5 nitrogen and oxygen atoms in total. The highest BCUT2D eigenvalue weighted by molar-refractivity contribution is 7.85. The van der Waals surface area contributed by atoms with E-state index in [1.165, 1.54) is 0 Å². The molecule has 0 radical (unpaired) electrons. The van der Waals surface area contributed by atoms with Crippen molar-refractivity contribution >= 4 is 22.4 Å². The number of nitrogens with zero attached hydrogens (tertiary/aromatic N) is 2. The number of anilines is 1. The summed E-state index contributed by atoms with van der Waals surface area (Å²) in [4.78, 5) is 21.6. The summed E-state index contributed by atoms with van der Waals surface area (Å²) < 4.78 is 12.1. The van der Waals surface area contributed by atoms with Gasteiger partial charge in [-0.25, -0.2) is 9.97 Å². The maximum atomic E-state index is 12.3. The molecule has 1 aliphatic carbocycles. The number of amides is 1. The first-order chi connectivity index (χ1) is 10.7. The molecule has 112 valence electrons. The van der Waals surface area contributed by atoms with Gasteiger partial charge in [0.1, 0.15) is 5.82 Å². The van der Waals surface area contributed by atoms with Gasteiger partial charge in [-0.2, -0.15) is 0 Å². The molecule has 2 aromatic rings. The van der Waals surface area contributed by atoms with E-state index in [9.17, 15) is 9.00 Å². The number of hydrogen-bond acceptors (Lipinski definition) is 4. The van der Waals surface area contributed by atoms with Gasteiger partial charge in [0, 0.05) is 24.1 Å². The molecule has 0 saturated heterocycles. The lowest BCUT2D eigenvalue weighted by Crippen LogP contribution is -2.14. The Morgan fingerprint density at radius 2 is 2.00 bits per heavy atom. The van der Waals surface area contributed by atoms with E-state index < -0.39 is 10.8 Å². The van der Waals surface area contributed by atoms with E-state index in [0.29, 0.717) is 22.9 Å². The number of carbonyl (C=O) groups is 1. The maximum Gasteiger partial charge on any atom is 0.258 e. The third-order valence-corrected chi connectivity index (χ3v) is 5.52. The first kappa shape index (κ1) is 13.6. The molecular formula is C16H15N3O2S. The summed E-state index contributed by atoms with van der Waals surface area (Å²) >= 11 is 0. The topological polar surface area (TPSA) is 72.0 Å². The van der Waals surface area contributed by atoms with Crippen molar-refractivity contribution in [3.8, 4) is 0 Å². The van der Waals surface area contributed by atoms with E-state index in [1.807, 2.05) is 12.1 Å². The van der Waals surface area contributed by atoms with Gasteiger partial charge >= 0.3 is 0 Å². The molecule has 1 aromatic carbocycles. The summed E-state index contributed by atoms with van der Waals surface area (Å²) in [5.41, 5.74) is 2.10. The van der Waals surface area contributed by atoms with E-state index in [1.54, 1.807) is 18.5 Å². The summed E-state index contributed by atoms with van der Waals surface area (Å²) in [7, 11) is -1.03. The van der Waals surface area contributed by atoms with Crippen LogP contribution in [0.15, 0.2) is 35.5 Å². The van der Waals surface area contributed by atoms with Crippen LogP contribution in [-0.4, -0.2) is 25.8 Å². The molecule has 2 aliphatic rings. The Hall–Kier alpha value is -2.08. The Labute approximate surface area is 130 Å². The van der Waals surface area contributed by atoms with Crippen LogP contribution in [0.4, 0.5) is 5.69 Å². The van der Waals surface area contributed by atoms with E-state index in [2.05, 4.69) is 15.3 Å². The van der Waals surface area contributed by atoms with Gasteiger partial charge in [0.2, 0.25) is 0 Å². The Morgan fingerprint density at radius 3 is 2.73 bits per heavy atom. The van der Waals surface area contributed by atoms with Crippen LogP contribution in [-0.2, 0) is 17.2 Å². The van der Waals surface area contributed by atoms with Crippen molar-refractivity contribution in [2.45, 2.75) is 30.1 Å². The molecule has 1 unspecified atom stereocenters. The van der Waals surface area contributed by atoms with Crippen LogP contribution in [0.2, 0.25) is 0 Å². The number of nitrogens with one attached hydrogen (secondary N) is 1. The third kappa shape index (κ3) is 2.43. The van der Waals surface area contributed by atoms with Gasteiger partial charge in [-0.3, -0.25) is 9.00 Å². The summed E-state index contributed by atoms with van der Waals surface area (Å²) in [5, 5.41) is 2.84. The zero-order valence-electron chi connectivity index (χ0n) is 11.9. The molecule has 1 atom stereocenters. The van der Waals surface area contributed by atoms with Crippen LogP contribution in [0.25, 0.3) is 0 Å². The van der Waals surface area contributed by atoms with E-state index in [0.717, 1.165) is 35.5 Å². The lowest BCUT2D eigenvalue weighted by Gasteiger charge is -2.09. The highest BCUT2D eigenvalue weighted by Crippen LogP contribution is 2.37. The minimum Gasteiger partial charge on any atom is -0.321 e. The molecule has 4 rings (SSSR count). The lowest BCUT2D eigenvalue weighted by atomic mass is 10.1. The lowest BCUT2D eigenvalue weighted by molar-refractivity contribution is 0.102. The van der Waals surface area contributed by atoms with Crippen LogP contribution in [0.3, 0.4) is 0 Å². The first-order valence-corrected chi connectivity index (χ1v) is 8.68. The Bertz CT molecular complexity index is 769. The zero-order valence-corrected chi connectivity index (χ0v) is 12.7.